The number of carbonyl (C=O) groups excluding carboxylic acids is 2. The average molecular weight is 576 g/mol. The standard InChI is InChI=1S/C32H37N3O5S/c1-41(38,39)27-11-9-24(10-12-27)20-34-18-15-32(31(34)37)13-16-33(17-14-32)21-26-22-35(30(36)29-8-5-19-40-29)23-28(26)25-6-3-2-4-7-25/h2-12,19,26,28H,13-18,20-23H2,1H3/t26-,28+/m0/s1. The van der Waals surface area contributed by atoms with Crippen LogP contribution < -0.4 is 0 Å². The molecular weight excluding hydrogens is 538 g/mol. The molecule has 0 N–H and O–H groups in total. The number of likely N-dealkylation sites (tertiary alicyclic amines) is 3. The number of benzene rings is 2. The third-order valence-electron chi connectivity index (χ3n) is 9.32. The predicted molar refractivity (Wildman–Crippen MR) is 155 cm³/mol. The highest BCUT2D eigenvalue weighted by Gasteiger charge is 2.48. The maximum atomic E-state index is 13.6. The smallest absolute Gasteiger partial charge is 0.289 e. The summed E-state index contributed by atoms with van der Waals surface area (Å²) in [6.45, 7) is 5.22. The molecule has 1 spiro atoms. The Kier molecular flexibility index (Phi) is 7.50. The van der Waals surface area contributed by atoms with Gasteiger partial charge in [-0.2, -0.15) is 0 Å². The molecule has 41 heavy (non-hydrogen) atoms. The van der Waals surface area contributed by atoms with E-state index < -0.39 is 9.84 Å². The fraction of sp³-hybridized carbons (Fsp3) is 0.438. The van der Waals surface area contributed by atoms with Crippen LogP contribution in [0.3, 0.4) is 0 Å². The molecule has 6 rings (SSSR count). The molecule has 8 nitrogen and oxygen atoms in total. The van der Waals surface area contributed by atoms with Gasteiger partial charge in [-0.1, -0.05) is 42.5 Å². The highest BCUT2D eigenvalue weighted by molar-refractivity contribution is 7.90. The van der Waals surface area contributed by atoms with Crippen LogP contribution in [0.15, 0.2) is 82.3 Å². The quantitative estimate of drug-likeness (QED) is 0.422. The van der Waals surface area contributed by atoms with Gasteiger partial charge in [-0.25, -0.2) is 8.42 Å². The van der Waals surface area contributed by atoms with E-state index in [1.165, 1.54) is 11.8 Å². The molecule has 4 heterocycles. The minimum absolute atomic E-state index is 0.0568. The summed E-state index contributed by atoms with van der Waals surface area (Å²) in [4.78, 5) is 33.3. The number of carbonyl (C=O) groups is 2. The van der Waals surface area contributed by atoms with E-state index in [0.29, 0.717) is 36.2 Å². The van der Waals surface area contributed by atoms with Crippen LogP contribution in [-0.4, -0.2) is 80.5 Å². The van der Waals surface area contributed by atoms with Crippen molar-refractivity contribution in [2.75, 3.05) is 45.5 Å². The minimum Gasteiger partial charge on any atom is -0.459 e. The lowest BCUT2D eigenvalue weighted by atomic mass is 9.76. The zero-order valence-electron chi connectivity index (χ0n) is 23.4. The molecule has 0 aliphatic carbocycles. The molecule has 0 saturated carbocycles. The molecule has 1 aromatic heterocycles. The fourth-order valence-electron chi connectivity index (χ4n) is 6.92. The van der Waals surface area contributed by atoms with Crippen molar-refractivity contribution in [1.29, 1.82) is 0 Å². The van der Waals surface area contributed by atoms with E-state index in [0.717, 1.165) is 51.0 Å². The molecule has 2 amide bonds. The highest BCUT2D eigenvalue weighted by atomic mass is 32.2. The second kappa shape index (κ2) is 11.1. The molecule has 3 aliphatic heterocycles. The van der Waals surface area contributed by atoms with Gasteiger partial charge in [0, 0.05) is 44.9 Å². The molecule has 3 saturated heterocycles. The van der Waals surface area contributed by atoms with Crippen molar-refractivity contribution >= 4 is 21.7 Å². The Bertz CT molecular complexity index is 1480. The lowest BCUT2D eigenvalue weighted by Gasteiger charge is -2.39. The molecule has 2 aromatic carbocycles. The average Bonchev–Trinajstić information content (AvgIpc) is 3.72. The summed E-state index contributed by atoms with van der Waals surface area (Å²) in [5, 5.41) is 0. The maximum Gasteiger partial charge on any atom is 0.289 e. The van der Waals surface area contributed by atoms with Gasteiger partial charge in [0.1, 0.15) is 0 Å². The van der Waals surface area contributed by atoms with E-state index >= 15 is 0 Å². The Labute approximate surface area is 241 Å². The number of nitrogens with zero attached hydrogens (tertiary/aromatic N) is 3. The molecule has 2 atom stereocenters. The zero-order chi connectivity index (χ0) is 28.6. The zero-order valence-corrected chi connectivity index (χ0v) is 24.3. The summed E-state index contributed by atoms with van der Waals surface area (Å²) in [6.07, 6.45) is 5.29. The Morgan fingerprint density at radius 2 is 1.63 bits per heavy atom. The Balaban J connectivity index is 1.08. The van der Waals surface area contributed by atoms with E-state index in [-0.39, 0.29) is 23.1 Å². The minimum atomic E-state index is -3.24. The van der Waals surface area contributed by atoms with Gasteiger partial charge < -0.3 is 19.1 Å². The summed E-state index contributed by atoms with van der Waals surface area (Å²) in [6, 6.07) is 20.8. The van der Waals surface area contributed by atoms with Gasteiger partial charge in [0.05, 0.1) is 16.6 Å². The number of amides is 2. The predicted octanol–water partition coefficient (Wildman–Crippen LogP) is 4.05. The van der Waals surface area contributed by atoms with Crippen LogP contribution >= 0.6 is 0 Å². The number of rotatable bonds is 7. The first kappa shape index (κ1) is 27.7. The molecule has 0 radical (unpaired) electrons. The van der Waals surface area contributed by atoms with Crippen molar-refractivity contribution in [3.05, 3.63) is 89.9 Å². The third kappa shape index (κ3) is 5.70. The molecule has 3 aromatic rings. The van der Waals surface area contributed by atoms with Crippen LogP contribution in [-0.2, 0) is 21.2 Å². The van der Waals surface area contributed by atoms with Gasteiger partial charge in [0.25, 0.3) is 5.91 Å². The van der Waals surface area contributed by atoms with Crippen molar-refractivity contribution in [2.24, 2.45) is 11.3 Å². The second-order valence-corrected chi connectivity index (χ2v) is 14.0. The van der Waals surface area contributed by atoms with E-state index in [4.69, 9.17) is 4.42 Å². The largest absolute Gasteiger partial charge is 0.459 e. The van der Waals surface area contributed by atoms with Crippen molar-refractivity contribution in [3.63, 3.8) is 0 Å². The Morgan fingerprint density at radius 3 is 2.29 bits per heavy atom. The summed E-state index contributed by atoms with van der Waals surface area (Å²) >= 11 is 0. The van der Waals surface area contributed by atoms with Crippen molar-refractivity contribution in [1.82, 2.24) is 14.7 Å². The van der Waals surface area contributed by atoms with Gasteiger partial charge in [0.15, 0.2) is 15.6 Å². The second-order valence-electron chi connectivity index (χ2n) is 11.9. The first-order chi connectivity index (χ1) is 19.7. The normalized spacial score (nSPS) is 23.0. The summed E-state index contributed by atoms with van der Waals surface area (Å²) in [5.74, 6) is 1.11. The number of furan rings is 1. The van der Waals surface area contributed by atoms with Crippen LogP contribution in [0.2, 0.25) is 0 Å². The first-order valence-corrected chi connectivity index (χ1v) is 16.3. The van der Waals surface area contributed by atoms with Gasteiger partial charge in [-0.15, -0.1) is 0 Å². The van der Waals surface area contributed by atoms with Gasteiger partial charge >= 0.3 is 0 Å². The molecule has 3 aliphatic rings. The van der Waals surface area contributed by atoms with E-state index in [1.807, 2.05) is 28.0 Å². The van der Waals surface area contributed by atoms with Gasteiger partial charge in [-0.3, -0.25) is 9.59 Å². The van der Waals surface area contributed by atoms with E-state index in [2.05, 4.69) is 29.2 Å². The molecule has 9 heteroatoms. The topological polar surface area (TPSA) is 91.1 Å². The number of piperidine rings is 1. The first-order valence-electron chi connectivity index (χ1n) is 14.4. The van der Waals surface area contributed by atoms with Crippen LogP contribution in [0.25, 0.3) is 0 Å². The fourth-order valence-corrected chi connectivity index (χ4v) is 7.55. The van der Waals surface area contributed by atoms with Crippen LogP contribution in [0.1, 0.15) is 46.9 Å². The van der Waals surface area contributed by atoms with Crippen molar-refractivity contribution in [3.8, 4) is 0 Å². The van der Waals surface area contributed by atoms with E-state index in [1.54, 1.807) is 30.5 Å². The highest BCUT2D eigenvalue weighted by Crippen LogP contribution is 2.43. The van der Waals surface area contributed by atoms with Crippen molar-refractivity contribution in [2.45, 2.75) is 36.6 Å². The van der Waals surface area contributed by atoms with E-state index in [9.17, 15) is 18.0 Å². The Morgan fingerprint density at radius 1 is 0.927 bits per heavy atom. The SMILES string of the molecule is CS(=O)(=O)c1ccc(CN2CCC3(CCN(C[C@H]4CN(C(=O)c5ccco5)C[C@@H]4c4ccccc4)CC3)C2=O)cc1. The number of hydrogen-bond acceptors (Lipinski definition) is 6. The van der Waals surface area contributed by atoms with Gasteiger partial charge in [-0.05, 0) is 73.7 Å². The molecule has 0 bridgehead atoms. The summed E-state index contributed by atoms with van der Waals surface area (Å²) < 4.78 is 28.9. The maximum absolute atomic E-state index is 13.6. The third-order valence-corrected chi connectivity index (χ3v) is 10.4. The molecule has 3 fully saturated rings. The number of hydrogen-bond donors (Lipinski definition) is 0. The summed E-state index contributed by atoms with van der Waals surface area (Å²) in [7, 11) is -3.24. The molecule has 0 unspecified atom stereocenters. The summed E-state index contributed by atoms with van der Waals surface area (Å²) in [5.41, 5.74) is 1.90. The molecule has 216 valence electrons. The lowest BCUT2D eigenvalue weighted by Crippen LogP contribution is -2.46. The Hall–Kier alpha value is -3.43. The monoisotopic (exact) mass is 575 g/mol. The number of sulfone groups is 1. The van der Waals surface area contributed by atoms with Crippen LogP contribution in [0.4, 0.5) is 0 Å². The van der Waals surface area contributed by atoms with Crippen LogP contribution in [0, 0.1) is 11.3 Å². The van der Waals surface area contributed by atoms with Crippen molar-refractivity contribution < 1.29 is 22.4 Å². The lowest BCUT2D eigenvalue weighted by molar-refractivity contribution is -0.139. The van der Waals surface area contributed by atoms with Gasteiger partial charge in [0.2, 0.25) is 5.91 Å². The molecular formula is C32H37N3O5S. The van der Waals surface area contributed by atoms with Crippen LogP contribution in [0.5, 0.6) is 0 Å².